The van der Waals surface area contributed by atoms with Crippen LogP contribution in [0.15, 0.2) is 24.3 Å². The predicted molar refractivity (Wildman–Crippen MR) is 99.2 cm³/mol. The molecule has 2 aromatic rings. The third-order valence-electron chi connectivity index (χ3n) is 6.08. The first-order valence-corrected chi connectivity index (χ1v) is 9.57. The van der Waals surface area contributed by atoms with Crippen LogP contribution in [0.2, 0.25) is 0 Å². The molecule has 2 N–H and O–H groups in total. The van der Waals surface area contributed by atoms with Crippen molar-refractivity contribution in [3.05, 3.63) is 30.1 Å². The predicted octanol–water partition coefficient (Wildman–Crippen LogP) is 3.01. The van der Waals surface area contributed by atoms with Crippen molar-refractivity contribution in [3.8, 4) is 0 Å². The van der Waals surface area contributed by atoms with Crippen LogP contribution in [0.4, 0.5) is 0 Å². The number of imidazole rings is 1. The Labute approximate surface area is 149 Å². The Morgan fingerprint density at radius 2 is 2.24 bits per heavy atom. The van der Waals surface area contributed by atoms with E-state index in [1.807, 2.05) is 18.2 Å². The van der Waals surface area contributed by atoms with Crippen molar-refractivity contribution in [2.75, 3.05) is 13.1 Å². The molecular weight excluding hydrogens is 312 g/mol. The van der Waals surface area contributed by atoms with Crippen LogP contribution in [-0.4, -0.2) is 28.5 Å². The number of hydrogen-bond acceptors (Lipinski definition) is 3. The molecule has 1 saturated heterocycles. The molecule has 0 bridgehead atoms. The van der Waals surface area contributed by atoms with Crippen molar-refractivity contribution in [3.63, 3.8) is 0 Å². The molecule has 2 atom stereocenters. The number of nitrogens with one attached hydrogen (secondary N) is 2. The average molecular weight is 340 g/mol. The lowest BCUT2D eigenvalue weighted by atomic mass is 9.67. The Morgan fingerprint density at radius 3 is 3.08 bits per heavy atom. The molecule has 2 fully saturated rings. The summed E-state index contributed by atoms with van der Waals surface area (Å²) in [6.45, 7) is 6.63. The summed E-state index contributed by atoms with van der Waals surface area (Å²) in [6.07, 6.45) is 4.60. The van der Waals surface area contributed by atoms with E-state index in [0.717, 1.165) is 42.8 Å². The molecule has 2 aliphatic rings. The van der Waals surface area contributed by atoms with Crippen molar-refractivity contribution in [2.24, 2.45) is 11.3 Å². The molecule has 5 nitrogen and oxygen atoms in total. The molecule has 0 spiro atoms. The third-order valence-corrected chi connectivity index (χ3v) is 6.08. The van der Waals surface area contributed by atoms with Crippen molar-refractivity contribution < 1.29 is 4.79 Å². The quantitative estimate of drug-likeness (QED) is 0.899. The molecule has 0 unspecified atom stereocenters. The summed E-state index contributed by atoms with van der Waals surface area (Å²) in [5.74, 6) is 1.65. The van der Waals surface area contributed by atoms with Crippen LogP contribution >= 0.6 is 0 Å². The van der Waals surface area contributed by atoms with E-state index < -0.39 is 0 Å². The number of amides is 1. The molecule has 1 aromatic carbocycles. The van der Waals surface area contributed by atoms with Gasteiger partial charge in [0.1, 0.15) is 5.82 Å². The van der Waals surface area contributed by atoms with E-state index in [2.05, 4.69) is 35.1 Å². The van der Waals surface area contributed by atoms with Gasteiger partial charge in [0.2, 0.25) is 5.91 Å². The van der Waals surface area contributed by atoms with Gasteiger partial charge in [-0.2, -0.15) is 0 Å². The van der Waals surface area contributed by atoms with E-state index in [-0.39, 0.29) is 11.3 Å². The largest absolute Gasteiger partial charge is 0.348 e. The lowest BCUT2D eigenvalue weighted by molar-refractivity contribution is -0.134. The van der Waals surface area contributed by atoms with Crippen molar-refractivity contribution >= 4 is 16.9 Å². The first-order chi connectivity index (χ1) is 12.1. The average Bonchev–Trinajstić information content (AvgIpc) is 3.21. The Balaban J connectivity index is 1.56. The van der Waals surface area contributed by atoms with Crippen LogP contribution in [0, 0.1) is 11.3 Å². The van der Waals surface area contributed by atoms with Gasteiger partial charge in [-0.05, 0) is 51.3 Å². The Kier molecular flexibility index (Phi) is 4.28. The molecule has 4 rings (SSSR count). The van der Waals surface area contributed by atoms with Gasteiger partial charge in [0.25, 0.3) is 0 Å². The number of hydrogen-bond donors (Lipinski definition) is 2. The van der Waals surface area contributed by atoms with Gasteiger partial charge in [-0.25, -0.2) is 4.98 Å². The Morgan fingerprint density at radius 1 is 1.40 bits per heavy atom. The van der Waals surface area contributed by atoms with Gasteiger partial charge in [-0.15, -0.1) is 0 Å². The molecular formula is C20H28N4O. The highest BCUT2D eigenvalue weighted by Crippen LogP contribution is 2.43. The Hall–Kier alpha value is -1.88. The first kappa shape index (κ1) is 16.6. The van der Waals surface area contributed by atoms with Crippen molar-refractivity contribution in [2.45, 2.75) is 52.1 Å². The molecule has 1 amide bonds. The van der Waals surface area contributed by atoms with E-state index in [0.29, 0.717) is 18.5 Å². The summed E-state index contributed by atoms with van der Waals surface area (Å²) in [4.78, 5) is 17.8. The van der Waals surface area contributed by atoms with E-state index in [1.165, 1.54) is 12.8 Å². The van der Waals surface area contributed by atoms with Crippen LogP contribution in [-0.2, 0) is 11.3 Å². The number of benzene rings is 1. The maximum absolute atomic E-state index is 13.1. The zero-order chi connectivity index (χ0) is 17.4. The highest BCUT2D eigenvalue weighted by atomic mass is 16.2. The molecule has 1 saturated carbocycles. The summed E-state index contributed by atoms with van der Waals surface area (Å²) in [5.41, 5.74) is 1.93. The maximum atomic E-state index is 13.1. The van der Waals surface area contributed by atoms with Crippen LogP contribution in [0.3, 0.4) is 0 Å². The van der Waals surface area contributed by atoms with Crippen LogP contribution in [0.1, 0.15) is 51.4 Å². The fourth-order valence-electron chi connectivity index (χ4n) is 4.82. The van der Waals surface area contributed by atoms with E-state index in [4.69, 9.17) is 4.98 Å². The SMILES string of the molecule is CC(C)n1c(CNC(=O)[C@@]23CCCC[C@H]2CNC3)nc2ccccc21. The fraction of sp³-hybridized carbons (Fsp3) is 0.600. The maximum Gasteiger partial charge on any atom is 0.228 e. The monoisotopic (exact) mass is 340 g/mol. The first-order valence-electron chi connectivity index (χ1n) is 9.57. The molecule has 0 radical (unpaired) electrons. The third kappa shape index (κ3) is 2.74. The number of para-hydroxylation sites is 2. The summed E-state index contributed by atoms with van der Waals surface area (Å²) in [5, 5.41) is 6.68. The van der Waals surface area contributed by atoms with E-state index in [9.17, 15) is 4.79 Å². The lowest BCUT2D eigenvalue weighted by Crippen LogP contribution is -2.47. The van der Waals surface area contributed by atoms with Gasteiger partial charge in [-0.1, -0.05) is 25.0 Å². The topological polar surface area (TPSA) is 59.0 Å². The van der Waals surface area contributed by atoms with Crippen molar-refractivity contribution in [1.82, 2.24) is 20.2 Å². The zero-order valence-electron chi connectivity index (χ0n) is 15.2. The normalized spacial score (nSPS) is 26.1. The minimum Gasteiger partial charge on any atom is -0.348 e. The molecule has 25 heavy (non-hydrogen) atoms. The highest BCUT2D eigenvalue weighted by molar-refractivity contribution is 5.84. The number of rotatable bonds is 4. The number of carbonyl (C=O) groups excluding carboxylic acids is 1. The molecule has 2 heterocycles. The van der Waals surface area contributed by atoms with Gasteiger partial charge >= 0.3 is 0 Å². The smallest absolute Gasteiger partial charge is 0.228 e. The second-order valence-electron chi connectivity index (χ2n) is 7.89. The van der Waals surface area contributed by atoms with Gasteiger partial charge in [0.15, 0.2) is 0 Å². The van der Waals surface area contributed by atoms with Gasteiger partial charge in [0, 0.05) is 12.6 Å². The minimum absolute atomic E-state index is 0.201. The molecule has 134 valence electrons. The summed E-state index contributed by atoms with van der Waals surface area (Å²) < 4.78 is 2.23. The van der Waals surface area contributed by atoms with Gasteiger partial charge in [-0.3, -0.25) is 4.79 Å². The Bertz CT molecular complexity index is 781. The van der Waals surface area contributed by atoms with E-state index in [1.54, 1.807) is 0 Å². The van der Waals surface area contributed by atoms with Crippen LogP contribution in [0.5, 0.6) is 0 Å². The standard InChI is InChI=1S/C20H28N4O/c1-14(2)24-17-9-4-3-8-16(17)23-18(24)12-22-19(25)20-10-6-5-7-15(20)11-21-13-20/h3-4,8-9,14-15,21H,5-7,10-13H2,1-2H3,(H,22,25)/t15-,20+/m0/s1. The summed E-state index contributed by atoms with van der Waals surface area (Å²) in [7, 11) is 0. The van der Waals surface area contributed by atoms with Crippen LogP contribution < -0.4 is 10.6 Å². The molecule has 1 aromatic heterocycles. The second-order valence-corrected chi connectivity index (χ2v) is 7.89. The number of fused-ring (bicyclic) bond motifs is 2. The zero-order valence-corrected chi connectivity index (χ0v) is 15.2. The second kappa shape index (κ2) is 6.45. The number of carbonyl (C=O) groups is 1. The lowest BCUT2D eigenvalue weighted by Gasteiger charge is -2.37. The number of aromatic nitrogens is 2. The molecule has 1 aliphatic carbocycles. The van der Waals surface area contributed by atoms with Gasteiger partial charge < -0.3 is 15.2 Å². The van der Waals surface area contributed by atoms with Crippen molar-refractivity contribution in [1.29, 1.82) is 0 Å². The fourth-order valence-corrected chi connectivity index (χ4v) is 4.82. The summed E-state index contributed by atoms with van der Waals surface area (Å²) in [6, 6.07) is 8.51. The molecule has 5 heteroatoms. The molecule has 1 aliphatic heterocycles. The van der Waals surface area contributed by atoms with Gasteiger partial charge in [0.05, 0.1) is 23.0 Å². The van der Waals surface area contributed by atoms with E-state index >= 15 is 0 Å². The highest BCUT2D eigenvalue weighted by Gasteiger charge is 2.49. The number of nitrogens with zero attached hydrogens (tertiary/aromatic N) is 2. The van der Waals surface area contributed by atoms with Crippen LogP contribution in [0.25, 0.3) is 11.0 Å². The summed E-state index contributed by atoms with van der Waals surface area (Å²) >= 11 is 0. The minimum atomic E-state index is -0.201.